The number of carbonyl (C=O) groups is 1. The maximum Gasteiger partial charge on any atom is 0.265 e. The molecule has 0 aromatic heterocycles. The molecule has 24 heavy (non-hydrogen) atoms. The van der Waals surface area contributed by atoms with E-state index in [-0.39, 0.29) is 23.5 Å². The number of hydrogen-bond donors (Lipinski definition) is 2. The molecule has 1 atom stereocenters. The molecule has 8 heteroatoms. The van der Waals surface area contributed by atoms with Crippen molar-refractivity contribution in [3.8, 4) is 0 Å². The fourth-order valence-electron chi connectivity index (χ4n) is 2.62. The number of ether oxygens (including phenoxy) is 1. The van der Waals surface area contributed by atoms with Crippen LogP contribution < -0.4 is 10.1 Å². The van der Waals surface area contributed by atoms with Crippen LogP contribution in [0.5, 0.6) is 0 Å². The average Bonchev–Trinajstić information content (AvgIpc) is 2.55. The van der Waals surface area contributed by atoms with Crippen molar-refractivity contribution in [1.82, 2.24) is 15.2 Å². The number of nitrogens with one attached hydrogen (secondary N) is 2. The van der Waals surface area contributed by atoms with Crippen molar-refractivity contribution in [3.05, 3.63) is 29.8 Å². The molecule has 2 N–H and O–H groups in total. The monoisotopic (exact) mass is 355 g/mol. The Hall–Kier alpha value is -1.48. The molecule has 0 spiro atoms. The first-order valence-electron chi connectivity index (χ1n) is 8.09. The van der Waals surface area contributed by atoms with Gasteiger partial charge in [0, 0.05) is 31.8 Å². The second kappa shape index (κ2) is 8.57. The van der Waals surface area contributed by atoms with Gasteiger partial charge in [0.15, 0.2) is 0 Å². The number of rotatable bonds is 7. The largest absolute Gasteiger partial charge is 0.383 e. The summed E-state index contributed by atoms with van der Waals surface area (Å²) in [5.41, 5.74) is 3.29. The highest BCUT2D eigenvalue weighted by Gasteiger charge is 2.19. The number of carbonyl (C=O) groups excluding carboxylic acids is 1. The Balaban J connectivity index is 2.00. The average molecular weight is 355 g/mol. The Morgan fingerprint density at radius 2 is 1.83 bits per heavy atom. The van der Waals surface area contributed by atoms with Crippen molar-refractivity contribution in [2.24, 2.45) is 0 Å². The van der Waals surface area contributed by atoms with Gasteiger partial charge in [-0.25, -0.2) is 18.1 Å². The minimum Gasteiger partial charge on any atom is -0.383 e. The van der Waals surface area contributed by atoms with Gasteiger partial charge >= 0.3 is 0 Å². The zero-order valence-electron chi connectivity index (χ0n) is 14.1. The molecular formula is C16H25N3O4S. The third-order valence-electron chi connectivity index (χ3n) is 3.82. The van der Waals surface area contributed by atoms with Gasteiger partial charge in [0.25, 0.3) is 5.91 Å². The maximum atomic E-state index is 12.2. The van der Waals surface area contributed by atoms with Gasteiger partial charge in [-0.3, -0.25) is 10.2 Å². The predicted molar refractivity (Wildman–Crippen MR) is 91.0 cm³/mol. The highest BCUT2D eigenvalue weighted by Crippen LogP contribution is 2.12. The van der Waals surface area contributed by atoms with Crippen molar-refractivity contribution in [1.29, 1.82) is 0 Å². The Labute approximate surface area is 143 Å². The molecule has 0 unspecified atom stereocenters. The summed E-state index contributed by atoms with van der Waals surface area (Å²) in [7, 11) is -2.11. The van der Waals surface area contributed by atoms with Gasteiger partial charge in [-0.1, -0.05) is 6.42 Å². The van der Waals surface area contributed by atoms with E-state index >= 15 is 0 Å². The summed E-state index contributed by atoms with van der Waals surface area (Å²) in [4.78, 5) is 12.3. The Morgan fingerprint density at radius 3 is 2.42 bits per heavy atom. The number of methoxy groups -OCH3 is 1. The van der Waals surface area contributed by atoms with Crippen LogP contribution in [0, 0.1) is 0 Å². The smallest absolute Gasteiger partial charge is 0.265 e. The summed E-state index contributed by atoms with van der Waals surface area (Å²) in [6, 6.07) is 5.59. The highest BCUT2D eigenvalue weighted by molar-refractivity contribution is 7.89. The second-order valence-corrected chi connectivity index (χ2v) is 7.70. The highest BCUT2D eigenvalue weighted by atomic mass is 32.2. The van der Waals surface area contributed by atoms with Crippen molar-refractivity contribution in [2.45, 2.75) is 37.1 Å². The van der Waals surface area contributed by atoms with Crippen LogP contribution in [-0.2, 0) is 14.8 Å². The van der Waals surface area contributed by atoms with Gasteiger partial charge in [0.2, 0.25) is 10.0 Å². The van der Waals surface area contributed by atoms with Crippen molar-refractivity contribution >= 4 is 15.9 Å². The summed E-state index contributed by atoms with van der Waals surface area (Å²) >= 11 is 0. The van der Waals surface area contributed by atoms with E-state index in [2.05, 4.69) is 10.1 Å². The van der Waals surface area contributed by atoms with Crippen LogP contribution in [0.4, 0.5) is 0 Å². The summed E-state index contributed by atoms with van der Waals surface area (Å²) in [6.07, 6.45) is 3.33. The number of nitrogens with zero attached hydrogens (tertiary/aromatic N) is 1. The Morgan fingerprint density at radius 1 is 1.21 bits per heavy atom. The van der Waals surface area contributed by atoms with Crippen molar-refractivity contribution in [3.63, 3.8) is 0 Å². The van der Waals surface area contributed by atoms with Gasteiger partial charge in [0.05, 0.1) is 11.5 Å². The zero-order chi connectivity index (χ0) is 17.6. The molecular weight excluding hydrogens is 330 g/mol. The van der Waals surface area contributed by atoms with E-state index in [4.69, 9.17) is 4.74 Å². The SMILES string of the molecule is COC[C@H](C)NS(=O)(=O)c1ccc(C(=O)NN2CCCCC2)cc1. The minimum atomic E-state index is -3.62. The van der Waals surface area contributed by atoms with Crippen molar-refractivity contribution < 1.29 is 17.9 Å². The first-order chi connectivity index (χ1) is 11.4. The summed E-state index contributed by atoms with van der Waals surface area (Å²) in [5, 5.41) is 1.91. The Bertz CT molecular complexity index is 640. The molecule has 2 rings (SSSR count). The van der Waals surface area contributed by atoms with Crippen LogP contribution in [0.1, 0.15) is 36.5 Å². The molecule has 1 fully saturated rings. The van der Waals surface area contributed by atoms with Crippen LogP contribution >= 0.6 is 0 Å². The van der Waals surface area contributed by atoms with Gasteiger partial charge < -0.3 is 4.74 Å². The lowest BCUT2D eigenvalue weighted by atomic mass is 10.1. The van der Waals surface area contributed by atoms with Crippen LogP contribution in [-0.4, -0.2) is 52.2 Å². The van der Waals surface area contributed by atoms with Crippen LogP contribution in [0.3, 0.4) is 0 Å². The molecule has 1 aliphatic heterocycles. The fourth-order valence-corrected chi connectivity index (χ4v) is 3.84. The summed E-state index contributed by atoms with van der Waals surface area (Å²) in [6.45, 7) is 3.70. The van der Waals surface area contributed by atoms with Gasteiger partial charge in [0.1, 0.15) is 0 Å². The molecule has 0 aliphatic carbocycles. The third kappa shape index (κ3) is 5.27. The Kier molecular flexibility index (Phi) is 6.73. The quantitative estimate of drug-likeness (QED) is 0.766. The number of piperidine rings is 1. The summed E-state index contributed by atoms with van der Waals surface area (Å²) < 4.78 is 31.9. The van der Waals surface area contributed by atoms with E-state index in [0.717, 1.165) is 25.9 Å². The van der Waals surface area contributed by atoms with Crippen molar-refractivity contribution in [2.75, 3.05) is 26.8 Å². The number of sulfonamides is 1. The molecule has 1 aromatic rings. The van der Waals surface area contributed by atoms with E-state index in [9.17, 15) is 13.2 Å². The van der Waals surface area contributed by atoms with E-state index in [1.165, 1.54) is 37.8 Å². The van der Waals surface area contributed by atoms with E-state index in [1.54, 1.807) is 6.92 Å². The standard InChI is InChI=1S/C16H25N3O4S/c1-13(12-23-2)18-24(21,22)15-8-6-14(7-9-15)16(20)17-19-10-4-3-5-11-19/h6-9,13,18H,3-5,10-12H2,1-2H3,(H,17,20)/t13-/m0/s1. The molecule has 1 aromatic carbocycles. The molecule has 0 saturated carbocycles. The molecule has 1 heterocycles. The molecule has 7 nitrogen and oxygen atoms in total. The van der Waals surface area contributed by atoms with Gasteiger partial charge in [-0.15, -0.1) is 0 Å². The van der Waals surface area contributed by atoms with Gasteiger partial charge in [-0.2, -0.15) is 0 Å². The van der Waals surface area contributed by atoms with Crippen LogP contribution in [0.25, 0.3) is 0 Å². The van der Waals surface area contributed by atoms with E-state index in [0.29, 0.717) is 5.56 Å². The van der Waals surface area contributed by atoms with E-state index in [1.807, 2.05) is 5.01 Å². The number of amides is 1. The summed E-state index contributed by atoms with van der Waals surface area (Å²) in [5.74, 6) is -0.221. The fraction of sp³-hybridized carbons (Fsp3) is 0.562. The first-order valence-corrected chi connectivity index (χ1v) is 9.58. The van der Waals surface area contributed by atoms with Gasteiger partial charge in [-0.05, 0) is 44.0 Å². The molecule has 1 saturated heterocycles. The lowest BCUT2D eigenvalue weighted by molar-refractivity contribution is 0.0750. The number of hydrazine groups is 1. The number of benzene rings is 1. The first kappa shape index (κ1) is 18.9. The van der Waals surface area contributed by atoms with Crippen LogP contribution in [0.15, 0.2) is 29.2 Å². The minimum absolute atomic E-state index is 0.125. The normalized spacial score (nSPS) is 17.4. The number of hydrogen-bond acceptors (Lipinski definition) is 5. The molecule has 1 aliphatic rings. The third-order valence-corrected chi connectivity index (χ3v) is 5.42. The lowest BCUT2D eigenvalue weighted by Crippen LogP contribution is -2.45. The predicted octanol–water partition coefficient (Wildman–Crippen LogP) is 1.13. The maximum absolute atomic E-state index is 12.2. The van der Waals surface area contributed by atoms with E-state index < -0.39 is 10.0 Å². The topological polar surface area (TPSA) is 87.7 Å². The molecule has 0 radical (unpaired) electrons. The molecule has 0 bridgehead atoms. The second-order valence-electron chi connectivity index (χ2n) is 5.99. The lowest BCUT2D eigenvalue weighted by Gasteiger charge is -2.26. The molecule has 134 valence electrons. The molecule has 1 amide bonds. The zero-order valence-corrected chi connectivity index (χ0v) is 14.9. The van der Waals surface area contributed by atoms with Crippen LogP contribution in [0.2, 0.25) is 0 Å².